The van der Waals surface area contributed by atoms with Crippen molar-refractivity contribution in [1.29, 1.82) is 5.41 Å². The number of hydrogen-bond acceptors (Lipinski definition) is 8. The molecule has 6 aromatic rings. The van der Waals surface area contributed by atoms with Gasteiger partial charge >= 0.3 is 0 Å². The van der Waals surface area contributed by atoms with Crippen molar-refractivity contribution in [1.82, 2.24) is 35.2 Å². The summed E-state index contributed by atoms with van der Waals surface area (Å²) in [6.45, 7) is 11.1. The van der Waals surface area contributed by atoms with E-state index in [0.29, 0.717) is 52.4 Å². The van der Waals surface area contributed by atoms with Crippen molar-refractivity contribution in [2.75, 3.05) is 7.05 Å². The molecule has 4 aliphatic carbocycles. The van der Waals surface area contributed by atoms with Crippen molar-refractivity contribution in [2.45, 2.75) is 65.7 Å². The molecule has 342 valence electrons. The zero-order valence-corrected chi connectivity index (χ0v) is 39.8. The highest BCUT2D eigenvalue weighted by Crippen LogP contribution is 2.70. The van der Waals surface area contributed by atoms with Gasteiger partial charge in [-0.25, -0.2) is 29.9 Å². The van der Waals surface area contributed by atoms with Gasteiger partial charge in [0.25, 0.3) is 0 Å². The highest BCUT2D eigenvalue weighted by molar-refractivity contribution is 6.07. The van der Waals surface area contributed by atoms with Gasteiger partial charge in [-0.3, -0.25) is 0 Å². The van der Waals surface area contributed by atoms with Crippen LogP contribution in [0.15, 0.2) is 182 Å². The molecule has 0 spiro atoms. The summed E-state index contributed by atoms with van der Waals surface area (Å²) in [4.78, 5) is 30.3. The van der Waals surface area contributed by atoms with Crippen molar-refractivity contribution in [3.8, 4) is 45.6 Å². The van der Waals surface area contributed by atoms with E-state index in [2.05, 4.69) is 93.5 Å². The quantitative estimate of drug-likeness (QED) is 0.0692. The number of hydrogen-bond donors (Lipinski definition) is 2. The Balaban J connectivity index is 1.09. The number of aromatic nitrogens is 6. The van der Waals surface area contributed by atoms with Crippen molar-refractivity contribution in [3.63, 3.8) is 0 Å². The van der Waals surface area contributed by atoms with E-state index < -0.39 is 0 Å². The van der Waals surface area contributed by atoms with Crippen LogP contribution in [0.2, 0.25) is 0 Å². The smallest absolute Gasteiger partial charge is 0.165 e. The summed E-state index contributed by atoms with van der Waals surface area (Å²) in [5, 5.41) is 12.1. The summed E-state index contributed by atoms with van der Waals surface area (Å²) in [5.41, 5.74) is 8.18. The molecule has 4 atom stereocenters. The third-order valence-corrected chi connectivity index (χ3v) is 14.3. The van der Waals surface area contributed by atoms with Crippen molar-refractivity contribution >= 4 is 17.4 Å². The maximum absolute atomic E-state index is 8.79. The molecular formula is C60H62N8. The minimum atomic E-state index is -0.0275. The molecule has 4 aliphatic rings. The Labute approximate surface area is 402 Å². The zero-order chi connectivity index (χ0) is 47.1. The normalized spacial score (nSPS) is 22.5. The lowest BCUT2D eigenvalue weighted by molar-refractivity contribution is -0.0750. The van der Waals surface area contributed by atoms with E-state index in [4.69, 9.17) is 35.3 Å². The van der Waals surface area contributed by atoms with E-state index in [0.717, 1.165) is 53.5 Å². The highest BCUT2D eigenvalue weighted by Gasteiger charge is 2.59. The molecule has 4 saturated carbocycles. The molecule has 10 rings (SSSR count). The molecule has 2 heterocycles. The average molecular weight is 895 g/mol. The molecule has 68 heavy (non-hydrogen) atoms. The van der Waals surface area contributed by atoms with Crippen molar-refractivity contribution in [2.24, 2.45) is 34.5 Å². The summed E-state index contributed by atoms with van der Waals surface area (Å²) < 4.78 is 0. The summed E-state index contributed by atoms with van der Waals surface area (Å²) >= 11 is 0. The van der Waals surface area contributed by atoms with E-state index in [1.165, 1.54) is 36.6 Å². The Morgan fingerprint density at radius 3 is 1.53 bits per heavy atom. The van der Waals surface area contributed by atoms with Crippen LogP contribution in [-0.4, -0.2) is 43.2 Å². The topological polar surface area (TPSA) is 113 Å². The summed E-state index contributed by atoms with van der Waals surface area (Å²) in [5.74, 6) is 4.86. The fourth-order valence-corrected chi connectivity index (χ4v) is 11.9. The predicted octanol–water partition coefficient (Wildman–Crippen LogP) is 13.9. The summed E-state index contributed by atoms with van der Waals surface area (Å²) in [6.07, 6.45) is 25.2. The van der Waals surface area contributed by atoms with Gasteiger partial charge in [-0.05, 0) is 79.1 Å². The minimum Gasteiger partial charge on any atom is -0.394 e. The van der Waals surface area contributed by atoms with Gasteiger partial charge in [-0.15, -0.1) is 0 Å². The molecule has 8 nitrogen and oxygen atoms in total. The van der Waals surface area contributed by atoms with Crippen LogP contribution in [0.3, 0.4) is 0 Å². The van der Waals surface area contributed by atoms with Crippen LogP contribution in [0.25, 0.3) is 56.7 Å². The lowest BCUT2D eigenvalue weighted by atomic mass is 9.40. The Kier molecular flexibility index (Phi) is 13.8. The van der Waals surface area contributed by atoms with Crippen LogP contribution < -0.4 is 5.32 Å². The SMILES string of the molecule is C=C/C=C(\C(C)/C=C(\C=N)c1nc(-c2ccccc2)nc(-c2ccccc2)n1)C12CC3CC(CC(C(/C=C\CC)=C/C(C)/C(=C\NC)c4nc(-c5ccccc5)nc(-c5ccccc5)n4)(C3)C1)C2. The first-order valence-electron chi connectivity index (χ1n) is 24.3. The number of rotatable bonds is 17. The Morgan fingerprint density at radius 1 is 0.647 bits per heavy atom. The molecule has 4 bridgehead atoms. The second kappa shape index (κ2) is 20.4. The third-order valence-electron chi connectivity index (χ3n) is 14.3. The standard InChI is InChI=1S/C60H62N8/c1-6-8-30-50(32-41(3)51(39-62-5)58-67-55(47-26-17-11-18-27-47)64-56(68-58)48-28-19-12-20-29-48)59-34-43-33-44(35-59)37-60(36-43,40-59)52(21-7-2)42(4)31-49(38-61)57-65-53(45-22-13-9-14-23-45)63-54(66-57)46-24-15-10-16-25-46/h7-32,38-39,41-44,61-62H,2,6,33-37,40H2,1,3-5H3/b30-8-,49-31+,50-32+,51-39+,52-21+,61-38?. The first-order valence-corrected chi connectivity index (χ1v) is 24.3. The number of nitrogens with zero attached hydrogens (tertiary/aromatic N) is 6. The monoisotopic (exact) mass is 895 g/mol. The lowest BCUT2D eigenvalue weighted by Gasteiger charge is -2.64. The summed E-state index contributed by atoms with van der Waals surface area (Å²) in [6, 6.07) is 40.4. The summed E-state index contributed by atoms with van der Waals surface area (Å²) in [7, 11) is 1.95. The maximum Gasteiger partial charge on any atom is 0.165 e. The van der Waals surface area contributed by atoms with Crippen LogP contribution >= 0.6 is 0 Å². The number of nitrogens with one attached hydrogen (secondary N) is 2. The van der Waals surface area contributed by atoms with E-state index in [-0.39, 0.29) is 22.7 Å². The third kappa shape index (κ3) is 9.64. The van der Waals surface area contributed by atoms with Gasteiger partial charge in [-0.1, -0.05) is 191 Å². The highest BCUT2D eigenvalue weighted by atomic mass is 15.0. The Hall–Kier alpha value is -7.19. The van der Waals surface area contributed by atoms with Gasteiger partial charge < -0.3 is 10.7 Å². The molecule has 4 unspecified atom stereocenters. The molecule has 2 aromatic heterocycles. The molecule has 0 amide bonds. The number of benzene rings is 4. The molecule has 4 fully saturated rings. The first kappa shape index (κ1) is 45.9. The molecule has 4 aromatic carbocycles. The van der Waals surface area contributed by atoms with E-state index in [9.17, 15) is 0 Å². The molecule has 2 N–H and O–H groups in total. The van der Waals surface area contributed by atoms with Gasteiger partial charge in [0.15, 0.2) is 34.9 Å². The largest absolute Gasteiger partial charge is 0.394 e. The molecule has 0 saturated heterocycles. The van der Waals surface area contributed by atoms with E-state index in [1.54, 1.807) is 0 Å². The van der Waals surface area contributed by atoms with Gasteiger partial charge in [0.05, 0.1) is 0 Å². The van der Waals surface area contributed by atoms with Crippen LogP contribution in [0.4, 0.5) is 0 Å². The molecule has 0 radical (unpaired) electrons. The fourth-order valence-electron chi connectivity index (χ4n) is 11.9. The van der Waals surface area contributed by atoms with E-state index in [1.807, 2.05) is 110 Å². The predicted molar refractivity (Wildman–Crippen MR) is 279 cm³/mol. The molecule has 0 aliphatic heterocycles. The van der Waals surface area contributed by atoms with Crippen LogP contribution in [0, 0.1) is 39.9 Å². The van der Waals surface area contributed by atoms with Crippen LogP contribution in [0.1, 0.15) is 77.4 Å². The lowest BCUT2D eigenvalue weighted by Crippen LogP contribution is -2.53. The molecular weight excluding hydrogens is 833 g/mol. The van der Waals surface area contributed by atoms with Gasteiger partial charge in [-0.2, -0.15) is 0 Å². The van der Waals surface area contributed by atoms with Gasteiger partial charge in [0.1, 0.15) is 0 Å². The van der Waals surface area contributed by atoms with Crippen LogP contribution in [0.5, 0.6) is 0 Å². The minimum absolute atomic E-state index is 0.000762. The average Bonchev–Trinajstić information content (AvgIpc) is 3.37. The van der Waals surface area contributed by atoms with Crippen LogP contribution in [-0.2, 0) is 0 Å². The van der Waals surface area contributed by atoms with Crippen molar-refractivity contribution in [3.05, 3.63) is 193 Å². The van der Waals surface area contributed by atoms with Gasteiger partial charge in [0, 0.05) is 58.8 Å². The zero-order valence-electron chi connectivity index (χ0n) is 39.8. The Morgan fingerprint density at radius 2 is 1.10 bits per heavy atom. The van der Waals surface area contributed by atoms with Crippen molar-refractivity contribution < 1.29 is 0 Å². The first-order chi connectivity index (χ1) is 33.2. The van der Waals surface area contributed by atoms with Gasteiger partial charge in [0.2, 0.25) is 0 Å². The maximum atomic E-state index is 8.79. The van der Waals surface area contributed by atoms with E-state index >= 15 is 0 Å². The fraction of sp³-hybridized carbons (Fsp3) is 0.283. The second-order valence-corrected chi connectivity index (χ2v) is 19.1. The Bertz CT molecular complexity index is 2770. The molecule has 8 heteroatoms. The second-order valence-electron chi connectivity index (χ2n) is 19.1. The number of allylic oxidation sites excluding steroid dienone is 10.